The first-order chi connectivity index (χ1) is 15.3. The highest BCUT2D eigenvalue weighted by Crippen LogP contribution is 2.25. The molecule has 0 aliphatic rings. The maximum absolute atomic E-state index is 13.0. The number of aliphatic imine (C=N–C) groups is 1. The number of halogens is 1. The highest BCUT2D eigenvalue weighted by molar-refractivity contribution is 7.71. The van der Waals surface area contributed by atoms with Crippen molar-refractivity contribution in [2.75, 3.05) is 0 Å². The van der Waals surface area contributed by atoms with E-state index >= 15 is 0 Å². The van der Waals surface area contributed by atoms with Crippen LogP contribution in [0.3, 0.4) is 0 Å². The molecule has 2 aromatic heterocycles. The van der Waals surface area contributed by atoms with Gasteiger partial charge in [0.25, 0.3) is 11.1 Å². The van der Waals surface area contributed by atoms with Crippen LogP contribution in [0.1, 0.15) is 11.3 Å². The maximum Gasteiger partial charge on any atom is 0.297 e. The first kappa shape index (κ1) is 21.5. The smallest absolute Gasteiger partial charge is 0.297 e. The Morgan fingerprint density at radius 1 is 1.09 bits per heavy atom. The van der Waals surface area contributed by atoms with Crippen molar-refractivity contribution in [3.63, 3.8) is 0 Å². The second-order valence-corrected chi connectivity index (χ2v) is 7.75. The van der Waals surface area contributed by atoms with Crippen LogP contribution in [0.5, 0.6) is 5.88 Å². The minimum Gasteiger partial charge on any atom is -0.494 e. The number of aromatic amines is 1. The van der Waals surface area contributed by atoms with E-state index in [1.807, 2.05) is 18.2 Å². The van der Waals surface area contributed by atoms with Crippen LogP contribution in [0.15, 0.2) is 69.2 Å². The summed E-state index contributed by atoms with van der Waals surface area (Å²) in [4.78, 5) is 32.3. The van der Waals surface area contributed by atoms with E-state index in [0.717, 1.165) is 6.21 Å². The van der Waals surface area contributed by atoms with Gasteiger partial charge in [-0.3, -0.25) is 23.8 Å². The van der Waals surface area contributed by atoms with E-state index in [2.05, 4.69) is 9.98 Å². The van der Waals surface area contributed by atoms with E-state index < -0.39 is 11.4 Å². The lowest BCUT2D eigenvalue weighted by Gasteiger charge is -2.12. The molecular formula is C22H18ClN5O3S. The van der Waals surface area contributed by atoms with E-state index in [1.165, 1.54) is 9.25 Å². The monoisotopic (exact) mass is 467 g/mol. The molecular weight excluding hydrogens is 450 g/mol. The third kappa shape index (κ3) is 3.61. The van der Waals surface area contributed by atoms with E-state index in [0.29, 0.717) is 22.1 Å². The minimum absolute atomic E-state index is 0.0277. The van der Waals surface area contributed by atoms with Crippen molar-refractivity contribution in [2.24, 2.45) is 12.0 Å². The molecule has 0 atom stereocenters. The summed E-state index contributed by atoms with van der Waals surface area (Å²) in [5.74, 6) is -0.437. The number of nitrogens with one attached hydrogen (secondary N) is 1. The zero-order valence-corrected chi connectivity index (χ0v) is 18.7. The topological polar surface area (TPSA) is 97.3 Å². The molecule has 4 aromatic rings. The van der Waals surface area contributed by atoms with Crippen LogP contribution < -0.4 is 11.1 Å². The van der Waals surface area contributed by atoms with Crippen molar-refractivity contribution in [2.45, 2.75) is 6.92 Å². The number of hydrogen-bond donors (Lipinski definition) is 2. The quantitative estimate of drug-likeness (QED) is 0.352. The lowest BCUT2D eigenvalue weighted by molar-refractivity contribution is 0.432. The van der Waals surface area contributed by atoms with Gasteiger partial charge >= 0.3 is 0 Å². The fraction of sp³-hybridized carbons (Fsp3) is 0.0909. The molecule has 32 heavy (non-hydrogen) atoms. The molecule has 0 amide bonds. The Morgan fingerprint density at radius 2 is 1.75 bits per heavy atom. The van der Waals surface area contributed by atoms with Gasteiger partial charge < -0.3 is 5.11 Å². The molecule has 10 heteroatoms. The van der Waals surface area contributed by atoms with Gasteiger partial charge in [-0.2, -0.15) is 0 Å². The second kappa shape index (κ2) is 8.45. The predicted molar refractivity (Wildman–Crippen MR) is 127 cm³/mol. The first-order valence-corrected chi connectivity index (χ1v) is 10.3. The van der Waals surface area contributed by atoms with Gasteiger partial charge in [0.05, 0.1) is 22.1 Å². The number of benzene rings is 2. The van der Waals surface area contributed by atoms with Gasteiger partial charge in [0.15, 0.2) is 10.5 Å². The van der Waals surface area contributed by atoms with E-state index in [9.17, 15) is 14.7 Å². The summed E-state index contributed by atoms with van der Waals surface area (Å²) in [5, 5.41) is 11.2. The summed E-state index contributed by atoms with van der Waals surface area (Å²) in [6, 6.07) is 15.9. The summed E-state index contributed by atoms with van der Waals surface area (Å²) in [5.41, 5.74) is 0.639. The van der Waals surface area contributed by atoms with E-state index in [-0.39, 0.29) is 21.6 Å². The third-order valence-corrected chi connectivity index (χ3v) is 5.67. The Morgan fingerprint density at radius 3 is 2.44 bits per heavy atom. The van der Waals surface area contributed by atoms with Crippen molar-refractivity contribution >= 4 is 35.7 Å². The van der Waals surface area contributed by atoms with E-state index in [1.54, 1.807) is 55.1 Å². The molecule has 162 valence electrons. The molecule has 2 aromatic carbocycles. The normalized spacial score (nSPS) is 11.3. The molecule has 4 rings (SSSR count). The Hall–Kier alpha value is -3.69. The highest BCUT2D eigenvalue weighted by atomic mass is 35.5. The molecule has 2 N–H and O–H groups in total. The fourth-order valence-corrected chi connectivity index (χ4v) is 3.84. The van der Waals surface area contributed by atoms with Gasteiger partial charge in [-0.15, -0.1) is 0 Å². The predicted octanol–water partition coefficient (Wildman–Crippen LogP) is 3.80. The maximum atomic E-state index is 13.0. The lowest BCUT2D eigenvalue weighted by Crippen LogP contribution is -2.19. The van der Waals surface area contributed by atoms with Crippen LogP contribution in [0.2, 0.25) is 5.02 Å². The highest BCUT2D eigenvalue weighted by Gasteiger charge is 2.17. The molecule has 0 saturated heterocycles. The zero-order valence-electron chi connectivity index (χ0n) is 17.1. The molecule has 2 heterocycles. The Bertz CT molecular complexity index is 1530. The Balaban J connectivity index is 1.87. The molecule has 0 saturated carbocycles. The first-order valence-electron chi connectivity index (χ1n) is 9.52. The molecule has 0 radical (unpaired) electrons. The third-order valence-electron chi connectivity index (χ3n) is 5.06. The molecule has 0 fully saturated rings. The number of aromatic hydroxyl groups is 1. The Kier molecular flexibility index (Phi) is 5.68. The average Bonchev–Trinajstić information content (AvgIpc) is 2.98. The molecule has 0 spiro atoms. The molecule has 0 unspecified atom stereocenters. The summed E-state index contributed by atoms with van der Waals surface area (Å²) >= 11 is 11.4. The van der Waals surface area contributed by atoms with Crippen molar-refractivity contribution < 1.29 is 5.11 Å². The lowest BCUT2D eigenvalue weighted by atomic mass is 10.3. The zero-order chi connectivity index (χ0) is 23.0. The van der Waals surface area contributed by atoms with Gasteiger partial charge in [-0.05, 0) is 43.4 Å². The number of nitrogens with zero attached hydrogens (tertiary/aromatic N) is 4. The van der Waals surface area contributed by atoms with Crippen molar-refractivity contribution in [1.82, 2.24) is 18.9 Å². The van der Waals surface area contributed by atoms with Gasteiger partial charge in [0.1, 0.15) is 5.56 Å². The number of para-hydroxylation sites is 2. The van der Waals surface area contributed by atoms with Crippen molar-refractivity contribution in [1.29, 1.82) is 0 Å². The SMILES string of the molecule is Cc1c(N=Cc2c(O)n(-c3ccccc3Cl)c(=S)[nH]c2=O)c(=O)n(-c2ccccc2)n1C. The van der Waals surface area contributed by atoms with Crippen LogP contribution in [0.4, 0.5) is 5.69 Å². The molecule has 0 aliphatic heterocycles. The molecule has 8 nitrogen and oxygen atoms in total. The van der Waals surface area contributed by atoms with Gasteiger partial charge in [-0.1, -0.05) is 41.9 Å². The largest absolute Gasteiger partial charge is 0.494 e. The van der Waals surface area contributed by atoms with Crippen LogP contribution >= 0.6 is 23.8 Å². The van der Waals surface area contributed by atoms with E-state index in [4.69, 9.17) is 23.8 Å². The summed E-state index contributed by atoms with van der Waals surface area (Å²) in [6.45, 7) is 1.74. The van der Waals surface area contributed by atoms with Crippen LogP contribution in [-0.4, -0.2) is 30.2 Å². The minimum atomic E-state index is -0.642. The number of H-pyrrole nitrogens is 1. The van der Waals surface area contributed by atoms with Gasteiger partial charge in [0, 0.05) is 13.3 Å². The summed E-state index contributed by atoms with van der Waals surface area (Å²) in [6.07, 6.45) is 1.15. The van der Waals surface area contributed by atoms with Crippen molar-refractivity contribution in [3.8, 4) is 17.3 Å². The van der Waals surface area contributed by atoms with Crippen molar-refractivity contribution in [3.05, 3.63) is 96.4 Å². The Labute approximate surface area is 192 Å². The summed E-state index contributed by atoms with van der Waals surface area (Å²) < 4.78 is 4.35. The summed E-state index contributed by atoms with van der Waals surface area (Å²) in [7, 11) is 1.74. The van der Waals surface area contributed by atoms with Crippen LogP contribution in [-0.2, 0) is 7.05 Å². The number of aromatic nitrogens is 4. The standard InChI is InChI=1S/C22H18ClN5O3S/c1-13-18(21(31)28(26(13)2)14-8-4-3-5-9-14)24-12-15-19(29)25-22(32)27(20(15)30)17-11-7-6-10-16(17)23/h3-12,30H,1-2H3,(H,25,29,32). The average molecular weight is 468 g/mol. The van der Waals surface area contributed by atoms with Gasteiger partial charge in [-0.25, -0.2) is 9.67 Å². The number of rotatable bonds is 4. The number of hydrogen-bond acceptors (Lipinski definition) is 5. The fourth-order valence-electron chi connectivity index (χ4n) is 3.34. The van der Waals surface area contributed by atoms with Crippen LogP contribution in [0.25, 0.3) is 11.4 Å². The molecule has 0 aliphatic carbocycles. The van der Waals surface area contributed by atoms with Gasteiger partial charge in [0.2, 0.25) is 5.88 Å². The second-order valence-electron chi connectivity index (χ2n) is 6.95. The molecule has 0 bridgehead atoms. The van der Waals surface area contributed by atoms with Crippen LogP contribution in [0, 0.1) is 11.7 Å².